The van der Waals surface area contributed by atoms with E-state index in [1.165, 1.54) is 0 Å². The molecule has 1 aliphatic heterocycles. The number of aromatic nitrogens is 2. The fourth-order valence-corrected chi connectivity index (χ4v) is 6.17. The molecular formula is C32H35Cl2N3O4. The molecule has 7 nitrogen and oxygen atoms in total. The Bertz CT molecular complexity index is 1570. The van der Waals surface area contributed by atoms with Gasteiger partial charge >= 0.3 is 5.97 Å². The van der Waals surface area contributed by atoms with Crippen molar-refractivity contribution >= 4 is 45.8 Å². The number of nitrogens with zero attached hydrogens (tertiary/aromatic N) is 3. The van der Waals surface area contributed by atoms with Gasteiger partial charge in [-0.3, -0.25) is 0 Å². The zero-order chi connectivity index (χ0) is 28.9. The molecule has 2 aromatic carbocycles. The summed E-state index contributed by atoms with van der Waals surface area (Å²) in [5.41, 5.74) is 4.54. The van der Waals surface area contributed by atoms with Crippen LogP contribution >= 0.6 is 23.2 Å². The van der Waals surface area contributed by atoms with Gasteiger partial charge in [-0.25, -0.2) is 4.79 Å². The van der Waals surface area contributed by atoms with Crippen LogP contribution in [0.2, 0.25) is 10.0 Å². The minimum absolute atomic E-state index is 0.125. The number of ether oxygens (including phenoxy) is 2. The predicted molar refractivity (Wildman–Crippen MR) is 162 cm³/mol. The summed E-state index contributed by atoms with van der Waals surface area (Å²) in [5, 5.41) is 6.39. The number of rotatable bonds is 7. The molecule has 1 saturated heterocycles. The standard InChI is InChI=1S/C32H35Cl2N3O4/c1-32(2,3)40-31(38)23-17-36(4)27-16-20(10-11-22(23)27)37-14-12-21(13-15-37)39-18-24-29(35-41-30(24)19-8-9-19)28-25(33)6-5-7-26(28)34/h5-7,10-11,16-17,19,21H,8-9,12-15,18H2,1-4H3. The molecule has 1 saturated carbocycles. The van der Waals surface area contributed by atoms with E-state index in [-0.39, 0.29) is 12.1 Å². The highest BCUT2D eigenvalue weighted by Gasteiger charge is 2.34. The van der Waals surface area contributed by atoms with E-state index in [0.29, 0.717) is 39.4 Å². The second kappa shape index (κ2) is 11.0. The van der Waals surface area contributed by atoms with Crippen LogP contribution in [0, 0.1) is 0 Å². The van der Waals surface area contributed by atoms with Gasteiger partial charge in [-0.2, -0.15) is 0 Å². The Kier molecular flexibility index (Phi) is 7.55. The van der Waals surface area contributed by atoms with Gasteiger partial charge in [0, 0.05) is 54.5 Å². The molecule has 0 spiro atoms. The molecule has 0 radical (unpaired) electrons. The van der Waals surface area contributed by atoms with Crippen LogP contribution < -0.4 is 4.90 Å². The SMILES string of the molecule is Cn1cc(C(=O)OC(C)(C)C)c2ccc(N3CCC(OCc4c(-c5c(Cl)cccc5Cl)noc4C4CC4)CC3)cc21. The molecule has 216 valence electrons. The highest BCUT2D eigenvalue weighted by Crippen LogP contribution is 2.46. The molecule has 9 heteroatoms. The number of halogens is 2. The van der Waals surface area contributed by atoms with Crippen molar-refractivity contribution < 1.29 is 18.8 Å². The van der Waals surface area contributed by atoms with Crippen LogP contribution in [-0.2, 0) is 23.1 Å². The first-order valence-electron chi connectivity index (χ1n) is 14.2. The lowest BCUT2D eigenvalue weighted by molar-refractivity contribution is 0.00715. The largest absolute Gasteiger partial charge is 0.456 e. The Balaban J connectivity index is 1.13. The van der Waals surface area contributed by atoms with Crippen LogP contribution in [0.4, 0.5) is 5.69 Å². The summed E-state index contributed by atoms with van der Waals surface area (Å²) in [6, 6.07) is 11.7. The van der Waals surface area contributed by atoms with Gasteiger partial charge in [0.05, 0.1) is 33.8 Å². The number of benzene rings is 2. The summed E-state index contributed by atoms with van der Waals surface area (Å²) in [5.74, 6) is 0.989. The van der Waals surface area contributed by atoms with Gasteiger partial charge in [0.1, 0.15) is 17.1 Å². The molecule has 1 aliphatic carbocycles. The first-order chi connectivity index (χ1) is 19.6. The van der Waals surface area contributed by atoms with Crippen molar-refractivity contribution in [3.05, 3.63) is 69.5 Å². The molecule has 3 heterocycles. The van der Waals surface area contributed by atoms with Gasteiger partial charge < -0.3 is 23.5 Å². The minimum Gasteiger partial charge on any atom is -0.456 e. The Morgan fingerprint density at radius 1 is 1.07 bits per heavy atom. The maximum Gasteiger partial charge on any atom is 0.340 e. The van der Waals surface area contributed by atoms with E-state index >= 15 is 0 Å². The number of carbonyl (C=O) groups is 1. The molecule has 2 aliphatic rings. The molecule has 2 aromatic heterocycles. The van der Waals surface area contributed by atoms with Gasteiger partial charge in [-0.1, -0.05) is 34.4 Å². The van der Waals surface area contributed by atoms with Crippen LogP contribution in [-0.4, -0.2) is 40.5 Å². The van der Waals surface area contributed by atoms with Gasteiger partial charge in [0.15, 0.2) is 0 Å². The maximum absolute atomic E-state index is 12.8. The number of anilines is 1. The van der Waals surface area contributed by atoms with Crippen molar-refractivity contribution in [2.75, 3.05) is 18.0 Å². The van der Waals surface area contributed by atoms with E-state index in [0.717, 1.165) is 66.7 Å². The summed E-state index contributed by atoms with van der Waals surface area (Å²) < 4.78 is 19.9. The Morgan fingerprint density at radius 3 is 2.44 bits per heavy atom. The average molecular weight is 597 g/mol. The van der Waals surface area contributed by atoms with Gasteiger partial charge in [0.25, 0.3) is 0 Å². The lowest BCUT2D eigenvalue weighted by Crippen LogP contribution is -2.37. The summed E-state index contributed by atoms with van der Waals surface area (Å²) in [6.07, 6.45) is 5.98. The molecule has 41 heavy (non-hydrogen) atoms. The molecule has 4 aromatic rings. The van der Waals surface area contributed by atoms with E-state index in [4.69, 9.17) is 37.2 Å². The summed E-state index contributed by atoms with van der Waals surface area (Å²) in [6.45, 7) is 7.82. The molecule has 0 unspecified atom stereocenters. The van der Waals surface area contributed by atoms with Crippen molar-refractivity contribution in [2.45, 2.75) is 70.7 Å². The molecule has 0 bridgehead atoms. The molecule has 0 amide bonds. The lowest BCUT2D eigenvalue weighted by atomic mass is 10.0. The Labute approximate surface area is 250 Å². The Hall–Kier alpha value is -3.00. The van der Waals surface area contributed by atoms with Crippen LogP contribution in [0.15, 0.2) is 47.1 Å². The third-order valence-electron chi connectivity index (χ3n) is 7.83. The van der Waals surface area contributed by atoms with Gasteiger partial charge in [0.2, 0.25) is 0 Å². The highest BCUT2D eigenvalue weighted by molar-refractivity contribution is 6.39. The molecule has 6 rings (SSSR count). The van der Waals surface area contributed by atoms with Crippen molar-refractivity contribution in [1.29, 1.82) is 0 Å². The highest BCUT2D eigenvalue weighted by atomic mass is 35.5. The zero-order valence-corrected chi connectivity index (χ0v) is 25.4. The number of fused-ring (bicyclic) bond motifs is 1. The fraction of sp³-hybridized carbons (Fsp3) is 0.438. The maximum atomic E-state index is 12.8. The fourth-order valence-electron chi connectivity index (χ4n) is 5.59. The quantitative estimate of drug-likeness (QED) is 0.201. The zero-order valence-electron chi connectivity index (χ0n) is 23.9. The minimum atomic E-state index is -0.539. The van der Waals surface area contributed by atoms with Crippen LogP contribution in [0.1, 0.15) is 74.1 Å². The van der Waals surface area contributed by atoms with Crippen molar-refractivity contribution in [2.24, 2.45) is 7.05 Å². The number of esters is 1. The normalized spacial score (nSPS) is 16.5. The molecular weight excluding hydrogens is 561 g/mol. The molecule has 0 N–H and O–H groups in total. The second-order valence-corrected chi connectivity index (χ2v) is 12.9. The number of piperidine rings is 1. The van der Waals surface area contributed by atoms with E-state index in [1.54, 1.807) is 0 Å². The summed E-state index contributed by atoms with van der Waals surface area (Å²) in [4.78, 5) is 15.1. The van der Waals surface area contributed by atoms with Crippen molar-refractivity contribution in [3.8, 4) is 11.3 Å². The van der Waals surface area contributed by atoms with Crippen LogP contribution in [0.5, 0.6) is 0 Å². The first kappa shape index (κ1) is 28.1. The van der Waals surface area contributed by atoms with E-state index in [1.807, 2.05) is 62.8 Å². The Morgan fingerprint density at radius 2 is 1.78 bits per heavy atom. The van der Waals surface area contributed by atoms with E-state index in [2.05, 4.69) is 22.2 Å². The van der Waals surface area contributed by atoms with E-state index in [9.17, 15) is 4.79 Å². The van der Waals surface area contributed by atoms with Gasteiger partial charge in [-0.15, -0.1) is 0 Å². The van der Waals surface area contributed by atoms with Crippen LogP contribution in [0.25, 0.3) is 22.2 Å². The van der Waals surface area contributed by atoms with Crippen molar-refractivity contribution in [1.82, 2.24) is 9.72 Å². The third-order valence-corrected chi connectivity index (χ3v) is 8.46. The predicted octanol–water partition coefficient (Wildman–Crippen LogP) is 8.16. The summed E-state index contributed by atoms with van der Waals surface area (Å²) >= 11 is 13.0. The molecule has 0 atom stereocenters. The number of carbonyl (C=O) groups excluding carboxylic acids is 1. The number of hydrogen-bond acceptors (Lipinski definition) is 6. The average Bonchev–Trinajstić information content (AvgIpc) is 3.60. The van der Waals surface area contributed by atoms with Crippen LogP contribution in [0.3, 0.4) is 0 Å². The van der Waals surface area contributed by atoms with Crippen molar-refractivity contribution in [3.63, 3.8) is 0 Å². The topological polar surface area (TPSA) is 69.7 Å². The lowest BCUT2D eigenvalue weighted by Gasteiger charge is -2.33. The first-order valence-corrected chi connectivity index (χ1v) is 15.0. The van der Waals surface area contributed by atoms with E-state index < -0.39 is 5.60 Å². The van der Waals surface area contributed by atoms with Gasteiger partial charge in [-0.05, 0) is 76.8 Å². The third kappa shape index (κ3) is 5.85. The smallest absolute Gasteiger partial charge is 0.340 e. The summed E-state index contributed by atoms with van der Waals surface area (Å²) in [7, 11) is 1.96. The second-order valence-electron chi connectivity index (χ2n) is 12.1. The monoisotopic (exact) mass is 595 g/mol. The number of aryl methyl sites for hydroxylation is 1. The molecule has 2 fully saturated rings. The number of hydrogen-bond donors (Lipinski definition) is 0.